The quantitative estimate of drug-likeness (QED) is 0.245. The normalized spacial score (nSPS) is 19.1. The summed E-state index contributed by atoms with van der Waals surface area (Å²) in [6.45, 7) is 3.62. The van der Waals surface area contributed by atoms with E-state index in [-0.39, 0.29) is 36.0 Å². The van der Waals surface area contributed by atoms with Crippen LogP contribution in [0, 0.1) is 11.3 Å². The summed E-state index contributed by atoms with van der Waals surface area (Å²) in [6, 6.07) is 6.23. The molecular formula is C25H38N6O3. The molecule has 0 bridgehead atoms. The first-order valence-corrected chi connectivity index (χ1v) is 12.4. The number of nitrogen functional groups attached to an aromatic ring is 1. The minimum absolute atomic E-state index is 0.00295. The molecule has 1 saturated carbocycles. The summed E-state index contributed by atoms with van der Waals surface area (Å²) in [5.74, 6) is -0.164. The van der Waals surface area contributed by atoms with Crippen molar-refractivity contribution in [2.75, 3.05) is 19.6 Å². The van der Waals surface area contributed by atoms with Gasteiger partial charge in [-0.25, -0.2) is 0 Å². The summed E-state index contributed by atoms with van der Waals surface area (Å²) in [7, 11) is 0. The molecule has 2 atom stereocenters. The average molecular weight is 471 g/mol. The third kappa shape index (κ3) is 6.79. The van der Waals surface area contributed by atoms with Crippen molar-refractivity contribution in [3.63, 3.8) is 0 Å². The number of amides is 3. The van der Waals surface area contributed by atoms with Crippen LogP contribution in [0.2, 0.25) is 0 Å². The Kier molecular flexibility index (Phi) is 9.44. The minimum Gasteiger partial charge on any atom is -0.384 e. The SMILES string of the molecule is CCCNC(=O)CN[C@@H](C(=O)N1CC[C@H]1C(=O)NCc1ccc(C(=N)N)cc1)C1CCCCC1. The van der Waals surface area contributed by atoms with E-state index in [2.05, 4.69) is 16.0 Å². The molecular weight excluding hydrogens is 432 g/mol. The van der Waals surface area contributed by atoms with Crippen LogP contribution in [-0.4, -0.2) is 60.2 Å². The molecule has 1 saturated heterocycles. The van der Waals surface area contributed by atoms with Crippen molar-refractivity contribution in [2.45, 2.75) is 70.5 Å². The van der Waals surface area contributed by atoms with E-state index in [1.807, 2.05) is 19.1 Å². The highest BCUT2D eigenvalue weighted by Gasteiger charge is 2.42. The fourth-order valence-corrected chi connectivity index (χ4v) is 4.66. The maximum Gasteiger partial charge on any atom is 0.243 e. The minimum atomic E-state index is -0.481. The highest BCUT2D eigenvalue weighted by atomic mass is 16.2. The Morgan fingerprint density at radius 2 is 1.79 bits per heavy atom. The Morgan fingerprint density at radius 1 is 1.09 bits per heavy atom. The second-order valence-electron chi connectivity index (χ2n) is 9.27. The molecule has 1 heterocycles. The molecule has 1 aliphatic heterocycles. The summed E-state index contributed by atoms with van der Waals surface area (Å²) >= 11 is 0. The van der Waals surface area contributed by atoms with Gasteiger partial charge in [0.15, 0.2) is 0 Å². The highest BCUT2D eigenvalue weighted by molar-refractivity contribution is 5.95. The number of nitrogens with one attached hydrogen (secondary N) is 4. The number of benzene rings is 1. The smallest absolute Gasteiger partial charge is 0.243 e. The predicted octanol–water partition coefficient (Wildman–Crippen LogP) is 1.25. The number of nitrogens with two attached hydrogens (primary N) is 1. The van der Waals surface area contributed by atoms with Crippen LogP contribution in [0.15, 0.2) is 24.3 Å². The van der Waals surface area contributed by atoms with Gasteiger partial charge in [-0.3, -0.25) is 25.1 Å². The number of rotatable bonds is 11. The Balaban J connectivity index is 1.57. The van der Waals surface area contributed by atoms with E-state index in [1.165, 1.54) is 6.42 Å². The molecule has 3 amide bonds. The maximum absolute atomic E-state index is 13.5. The zero-order valence-corrected chi connectivity index (χ0v) is 20.1. The Hall–Kier alpha value is -2.94. The van der Waals surface area contributed by atoms with Crippen molar-refractivity contribution in [3.8, 4) is 0 Å². The first kappa shape index (κ1) is 25.7. The van der Waals surface area contributed by atoms with E-state index in [0.29, 0.717) is 31.6 Å². The van der Waals surface area contributed by atoms with E-state index >= 15 is 0 Å². The number of amidine groups is 1. The molecule has 9 nitrogen and oxygen atoms in total. The molecule has 3 rings (SSSR count). The van der Waals surface area contributed by atoms with Gasteiger partial charge in [-0.1, -0.05) is 50.5 Å². The third-order valence-corrected chi connectivity index (χ3v) is 6.78. The van der Waals surface area contributed by atoms with Gasteiger partial charge in [0, 0.05) is 25.2 Å². The van der Waals surface area contributed by atoms with Crippen LogP contribution < -0.4 is 21.7 Å². The van der Waals surface area contributed by atoms with Gasteiger partial charge in [-0.15, -0.1) is 0 Å². The summed E-state index contributed by atoms with van der Waals surface area (Å²) in [6.07, 6.45) is 6.77. The Morgan fingerprint density at radius 3 is 2.38 bits per heavy atom. The summed E-state index contributed by atoms with van der Waals surface area (Å²) in [4.78, 5) is 40.1. The number of nitrogens with zero attached hydrogens (tertiary/aromatic N) is 1. The van der Waals surface area contributed by atoms with Crippen LogP contribution in [0.25, 0.3) is 0 Å². The number of likely N-dealkylation sites (tertiary alicyclic amines) is 1. The van der Waals surface area contributed by atoms with Crippen molar-refractivity contribution >= 4 is 23.6 Å². The molecule has 0 radical (unpaired) electrons. The molecule has 186 valence electrons. The van der Waals surface area contributed by atoms with Crippen LogP contribution in [0.4, 0.5) is 0 Å². The van der Waals surface area contributed by atoms with Crippen molar-refractivity contribution in [2.24, 2.45) is 11.7 Å². The third-order valence-electron chi connectivity index (χ3n) is 6.78. The molecule has 0 aromatic heterocycles. The van der Waals surface area contributed by atoms with E-state index in [0.717, 1.165) is 37.7 Å². The van der Waals surface area contributed by atoms with E-state index in [9.17, 15) is 14.4 Å². The molecule has 2 aliphatic rings. The van der Waals surface area contributed by atoms with Crippen LogP contribution >= 0.6 is 0 Å². The number of carbonyl (C=O) groups excluding carboxylic acids is 3. The van der Waals surface area contributed by atoms with Crippen molar-refractivity contribution in [3.05, 3.63) is 35.4 Å². The molecule has 1 aliphatic carbocycles. The number of hydrogen-bond donors (Lipinski definition) is 5. The second-order valence-corrected chi connectivity index (χ2v) is 9.27. The van der Waals surface area contributed by atoms with Crippen molar-refractivity contribution in [1.82, 2.24) is 20.9 Å². The second kappa shape index (κ2) is 12.5. The Labute approximate surface area is 201 Å². The van der Waals surface area contributed by atoms with Gasteiger partial charge < -0.3 is 21.3 Å². The summed E-state index contributed by atoms with van der Waals surface area (Å²) in [5, 5.41) is 16.4. The lowest BCUT2D eigenvalue weighted by molar-refractivity contribution is -0.150. The van der Waals surface area contributed by atoms with E-state index < -0.39 is 12.1 Å². The zero-order chi connectivity index (χ0) is 24.5. The zero-order valence-electron chi connectivity index (χ0n) is 20.1. The van der Waals surface area contributed by atoms with Crippen LogP contribution in [0.1, 0.15) is 63.0 Å². The maximum atomic E-state index is 13.5. The molecule has 34 heavy (non-hydrogen) atoms. The van der Waals surface area contributed by atoms with Gasteiger partial charge in [-0.05, 0) is 37.2 Å². The summed E-state index contributed by atoms with van der Waals surface area (Å²) in [5.41, 5.74) is 7.01. The van der Waals surface area contributed by atoms with E-state index in [4.69, 9.17) is 11.1 Å². The van der Waals surface area contributed by atoms with Crippen molar-refractivity contribution < 1.29 is 14.4 Å². The molecule has 0 spiro atoms. The van der Waals surface area contributed by atoms with Gasteiger partial charge in [0.2, 0.25) is 17.7 Å². The van der Waals surface area contributed by atoms with Crippen LogP contribution in [-0.2, 0) is 20.9 Å². The predicted molar refractivity (Wildman–Crippen MR) is 131 cm³/mol. The molecule has 2 fully saturated rings. The average Bonchev–Trinajstić information content (AvgIpc) is 2.81. The lowest BCUT2D eigenvalue weighted by Gasteiger charge is -2.43. The van der Waals surface area contributed by atoms with Gasteiger partial charge >= 0.3 is 0 Å². The topological polar surface area (TPSA) is 140 Å². The standard InChI is InChI=1S/C25H38N6O3/c1-2-13-28-21(32)16-29-22(18-6-4-3-5-7-18)25(34)31-14-12-20(31)24(33)30-15-17-8-10-19(11-9-17)23(26)27/h8-11,18,20,22,29H,2-7,12-16H2,1H3,(H3,26,27)(H,28,32)(H,30,33)/t20-,22+/m0/s1. The largest absolute Gasteiger partial charge is 0.384 e. The van der Waals surface area contributed by atoms with Gasteiger partial charge in [0.1, 0.15) is 11.9 Å². The molecule has 1 aromatic carbocycles. The highest BCUT2D eigenvalue weighted by Crippen LogP contribution is 2.29. The molecule has 6 N–H and O–H groups in total. The molecule has 9 heteroatoms. The monoisotopic (exact) mass is 470 g/mol. The molecule has 0 unspecified atom stereocenters. The Bertz CT molecular complexity index is 866. The number of hydrogen-bond acceptors (Lipinski definition) is 5. The fraction of sp³-hybridized carbons (Fsp3) is 0.600. The van der Waals surface area contributed by atoms with Crippen LogP contribution in [0.5, 0.6) is 0 Å². The van der Waals surface area contributed by atoms with Crippen molar-refractivity contribution in [1.29, 1.82) is 5.41 Å². The first-order valence-electron chi connectivity index (χ1n) is 12.4. The van der Waals surface area contributed by atoms with Gasteiger partial charge in [-0.2, -0.15) is 0 Å². The first-order chi connectivity index (χ1) is 16.4. The molecule has 1 aromatic rings. The number of carbonyl (C=O) groups is 3. The lowest BCUT2D eigenvalue weighted by atomic mass is 9.82. The van der Waals surface area contributed by atoms with Gasteiger partial charge in [0.05, 0.1) is 12.6 Å². The van der Waals surface area contributed by atoms with Gasteiger partial charge in [0.25, 0.3) is 0 Å². The fourth-order valence-electron chi connectivity index (χ4n) is 4.66. The lowest BCUT2D eigenvalue weighted by Crippen LogP contribution is -2.63. The van der Waals surface area contributed by atoms with E-state index in [1.54, 1.807) is 17.0 Å². The van der Waals surface area contributed by atoms with Crippen LogP contribution in [0.3, 0.4) is 0 Å². The summed E-state index contributed by atoms with van der Waals surface area (Å²) < 4.78 is 0.